The summed E-state index contributed by atoms with van der Waals surface area (Å²) >= 11 is 6.00. The minimum Gasteiger partial charge on any atom is -0.0728 e. The molecule has 0 nitrogen and oxygen atoms in total. The normalized spacial score (nSPS) is 3.00. The monoisotopic (exact) mass is 136 g/mol. The van der Waals surface area contributed by atoms with Crippen LogP contribution in [0.4, 0.5) is 0 Å². The highest BCUT2D eigenvalue weighted by Crippen LogP contribution is 1.67. The van der Waals surface area contributed by atoms with E-state index in [0.29, 0.717) is 0 Å². The second-order valence-electron chi connectivity index (χ2n) is 0. The Kier molecular flexibility index (Phi) is 63.2. The molecule has 0 aliphatic carbocycles. The molecule has 0 unspecified atom stereocenters. The fourth-order valence-corrected chi connectivity index (χ4v) is 0. The van der Waals surface area contributed by atoms with Crippen LogP contribution in [0.25, 0.3) is 0 Å². The maximum absolute atomic E-state index is 4.33. The van der Waals surface area contributed by atoms with Crippen molar-refractivity contribution in [1.29, 1.82) is 0 Å². The van der Waals surface area contributed by atoms with Crippen molar-refractivity contribution in [1.82, 2.24) is 0 Å². The lowest BCUT2D eigenvalue weighted by Gasteiger charge is -1.06. The van der Waals surface area contributed by atoms with Gasteiger partial charge < -0.3 is 0 Å². The maximum atomic E-state index is 4.33. The van der Waals surface area contributed by atoms with E-state index in [-0.39, 0.29) is 0 Å². The average molecular weight is 137 g/mol. The van der Waals surface area contributed by atoms with Crippen LogP contribution < -0.4 is 0 Å². The fourth-order valence-electron chi connectivity index (χ4n) is 0. The van der Waals surface area contributed by atoms with Crippen LogP contribution in [0.1, 0.15) is 0 Å². The van der Waals surface area contributed by atoms with Gasteiger partial charge in [-0.1, -0.05) is 23.7 Å². The van der Waals surface area contributed by atoms with Crippen LogP contribution >= 0.6 is 45.0 Å². The third kappa shape index (κ3) is 10.4. The first-order valence-corrected chi connectivity index (χ1v) is 3.04. The highest BCUT2D eigenvalue weighted by atomic mass is 35.7. The Morgan fingerprint density at radius 2 is 0.750 bits per heavy atom. The summed E-state index contributed by atoms with van der Waals surface area (Å²) in [6.07, 6.45) is 0. The molecule has 0 aromatic carbocycles. The van der Waals surface area contributed by atoms with Crippen molar-refractivity contribution < 1.29 is 0 Å². The maximum Gasteiger partial charge on any atom is -0.0479 e. The molecule has 0 radical (unpaired) electrons. The predicted octanol–water partition coefficient (Wildman–Crippen LogP) is 2.14. The molecular formula is H2Cl2S2. The Bertz CT molecular complexity index is 4.00. The van der Waals surface area contributed by atoms with Gasteiger partial charge in [0.15, 0.2) is 0 Å². The zero-order chi connectivity index (χ0) is 4.00. The Morgan fingerprint density at radius 1 is 0.750 bits per heavy atom. The lowest BCUT2D eigenvalue weighted by Crippen LogP contribution is -0.331. The van der Waals surface area contributed by atoms with E-state index in [1.807, 2.05) is 0 Å². The SMILES string of the molecule is SCl.SCl. The summed E-state index contributed by atoms with van der Waals surface area (Å²) in [5.41, 5.74) is 0. The summed E-state index contributed by atoms with van der Waals surface area (Å²) in [5.74, 6) is 0. The molecule has 0 amide bonds. The minimum absolute atomic E-state index is 3.00. The molecule has 0 aliphatic heterocycles. The molecule has 0 atom stereocenters. The molecule has 4 heavy (non-hydrogen) atoms. The zero-order valence-electron chi connectivity index (χ0n) is 1.65. The van der Waals surface area contributed by atoms with Gasteiger partial charge in [-0.05, 0) is 21.4 Å². The molecule has 4 heteroatoms. The van der Waals surface area contributed by atoms with E-state index in [0.717, 1.165) is 0 Å². The van der Waals surface area contributed by atoms with Crippen LogP contribution in [0.15, 0.2) is 0 Å². The molecule has 0 saturated carbocycles. The molecule has 0 aromatic rings. The van der Waals surface area contributed by atoms with Crippen molar-refractivity contribution in [3.63, 3.8) is 0 Å². The summed E-state index contributed by atoms with van der Waals surface area (Å²) in [5, 5.41) is 0. The molecule has 0 heterocycles. The summed E-state index contributed by atoms with van der Waals surface area (Å²) in [6, 6.07) is 0. The van der Waals surface area contributed by atoms with E-state index in [9.17, 15) is 0 Å². The van der Waals surface area contributed by atoms with Gasteiger partial charge in [-0.3, -0.25) is 0 Å². The molecule has 0 bridgehead atoms. The second-order valence-corrected chi connectivity index (χ2v) is 0. The van der Waals surface area contributed by atoms with E-state index in [4.69, 9.17) is 0 Å². The first-order valence-electron chi connectivity index (χ1n) is 0.338. The Morgan fingerprint density at radius 3 is 0.750 bits per heavy atom. The number of thiol groups is 2. The second kappa shape index (κ2) is 28.1. The van der Waals surface area contributed by atoms with Crippen molar-refractivity contribution in [3.05, 3.63) is 0 Å². The van der Waals surface area contributed by atoms with Crippen LogP contribution in [0, 0.1) is 0 Å². The van der Waals surface area contributed by atoms with Crippen LogP contribution in [0.2, 0.25) is 0 Å². The van der Waals surface area contributed by atoms with Gasteiger partial charge in [-0.2, -0.15) is 0 Å². The molecule has 0 fully saturated rings. The topological polar surface area (TPSA) is 0 Å². The summed E-state index contributed by atoms with van der Waals surface area (Å²) in [4.78, 5) is 0. The smallest absolute Gasteiger partial charge is 0.0479 e. The molecule has 0 N–H and O–H groups in total. The highest BCUT2D eigenvalue weighted by molar-refractivity contribution is 8.05. The molecule has 0 saturated heterocycles. The summed E-state index contributed by atoms with van der Waals surface area (Å²) < 4.78 is 0. The first kappa shape index (κ1) is 8.99. The van der Waals surface area contributed by atoms with E-state index in [2.05, 4.69) is 45.0 Å². The predicted molar refractivity (Wildman–Crippen MR) is 29.7 cm³/mol. The third-order valence-corrected chi connectivity index (χ3v) is 0. The standard InChI is InChI=1S/2ClHS/c2*1-2/h2*2H. The number of hydrogen-bond acceptors (Lipinski definition) is 2. The van der Waals surface area contributed by atoms with Crippen LogP contribution in [-0.4, -0.2) is 0 Å². The van der Waals surface area contributed by atoms with E-state index in [1.54, 1.807) is 0 Å². The van der Waals surface area contributed by atoms with Gasteiger partial charge in [-0.15, -0.1) is 0 Å². The number of hydrogen-bond donors (Lipinski definition) is 2. The van der Waals surface area contributed by atoms with Gasteiger partial charge in [-0.25, -0.2) is 0 Å². The zero-order valence-corrected chi connectivity index (χ0v) is 4.95. The molecular weight excluding hydrogens is 135 g/mol. The fraction of sp³-hybridized carbons (Fsp3) is 0. The van der Waals surface area contributed by atoms with Crippen LogP contribution in [0.5, 0.6) is 0 Å². The van der Waals surface area contributed by atoms with Gasteiger partial charge in [0.25, 0.3) is 0 Å². The molecule has 0 spiro atoms. The summed E-state index contributed by atoms with van der Waals surface area (Å²) in [7, 11) is 8.67. The van der Waals surface area contributed by atoms with Crippen LogP contribution in [0.3, 0.4) is 0 Å². The Labute approximate surface area is 45.3 Å². The molecule has 0 aliphatic rings. The first-order chi connectivity index (χ1) is 2.00. The molecule has 0 rings (SSSR count). The Balaban J connectivity index is 0. The van der Waals surface area contributed by atoms with Gasteiger partial charge in [0.2, 0.25) is 0 Å². The van der Waals surface area contributed by atoms with Gasteiger partial charge >= 0.3 is 0 Å². The van der Waals surface area contributed by atoms with Crippen molar-refractivity contribution in [2.24, 2.45) is 0 Å². The number of rotatable bonds is 0. The van der Waals surface area contributed by atoms with Gasteiger partial charge in [0.1, 0.15) is 0 Å². The summed E-state index contributed by atoms with van der Waals surface area (Å²) in [6.45, 7) is 0. The number of halogens is 2. The van der Waals surface area contributed by atoms with Crippen molar-refractivity contribution in [3.8, 4) is 0 Å². The minimum atomic E-state index is 3.00. The Hall–Kier alpha value is 1.28. The lowest BCUT2D eigenvalue weighted by atomic mass is 31.8. The largest absolute Gasteiger partial charge is 0.0728 e. The van der Waals surface area contributed by atoms with Gasteiger partial charge in [0, 0.05) is 0 Å². The van der Waals surface area contributed by atoms with Crippen molar-refractivity contribution >= 4 is 45.0 Å². The average Bonchev–Trinajstić information content (AvgIpc) is 1.50. The van der Waals surface area contributed by atoms with E-state index >= 15 is 0 Å². The van der Waals surface area contributed by atoms with Crippen molar-refractivity contribution in [2.75, 3.05) is 0 Å². The van der Waals surface area contributed by atoms with Gasteiger partial charge in [0.05, 0.1) is 0 Å². The van der Waals surface area contributed by atoms with Crippen molar-refractivity contribution in [2.45, 2.75) is 0 Å². The van der Waals surface area contributed by atoms with E-state index < -0.39 is 0 Å². The molecule has 0 aromatic heterocycles. The third-order valence-electron chi connectivity index (χ3n) is 0. The van der Waals surface area contributed by atoms with Crippen LogP contribution in [-0.2, 0) is 0 Å². The quantitative estimate of drug-likeness (QED) is 0.469. The lowest BCUT2D eigenvalue weighted by molar-refractivity contribution is 5.40. The molecule has 28 valence electrons. The van der Waals surface area contributed by atoms with E-state index in [1.165, 1.54) is 0 Å². The highest BCUT2D eigenvalue weighted by Gasteiger charge is 0.942.